The molecule has 1 rings (SSSR count). The molecule has 0 saturated carbocycles. The molecule has 1 aromatic rings. The van der Waals surface area contributed by atoms with E-state index in [1.54, 1.807) is 12.1 Å². The molecule has 0 amide bonds. The van der Waals surface area contributed by atoms with E-state index in [2.05, 4.69) is 4.74 Å². The molecule has 0 atom stereocenters. The fraction of sp³-hybridized carbons (Fsp3) is 0.0909. The van der Waals surface area contributed by atoms with Crippen LogP contribution in [0, 0.1) is 11.3 Å². The number of benzene rings is 1. The quantitative estimate of drug-likeness (QED) is 0.535. The first-order valence-electron chi connectivity index (χ1n) is 4.10. The van der Waals surface area contributed by atoms with Gasteiger partial charge in [-0.15, -0.1) is 0 Å². The first kappa shape index (κ1) is 10.0. The standard InChI is InChI=1S/C11H9NO2/c12-8-9-14-11(13)7-6-10-4-2-1-3-5-10/h1-7H,9H2/b7-6+. The minimum absolute atomic E-state index is 0.210. The predicted molar refractivity (Wildman–Crippen MR) is 52.0 cm³/mol. The van der Waals surface area contributed by atoms with E-state index in [1.165, 1.54) is 6.08 Å². The van der Waals surface area contributed by atoms with Crippen molar-refractivity contribution in [3.05, 3.63) is 42.0 Å². The lowest BCUT2D eigenvalue weighted by Gasteiger charge is -1.93. The van der Waals surface area contributed by atoms with Crippen LogP contribution in [0.5, 0.6) is 0 Å². The van der Waals surface area contributed by atoms with Crippen molar-refractivity contribution in [1.29, 1.82) is 5.26 Å². The van der Waals surface area contributed by atoms with Crippen LogP contribution in [0.15, 0.2) is 36.4 Å². The van der Waals surface area contributed by atoms with Crippen molar-refractivity contribution in [1.82, 2.24) is 0 Å². The van der Waals surface area contributed by atoms with E-state index in [0.29, 0.717) is 0 Å². The third-order valence-corrected chi connectivity index (χ3v) is 1.49. The number of rotatable bonds is 3. The first-order valence-corrected chi connectivity index (χ1v) is 4.10. The van der Waals surface area contributed by atoms with Gasteiger partial charge in [-0.3, -0.25) is 0 Å². The number of esters is 1. The smallest absolute Gasteiger partial charge is 0.331 e. The fourth-order valence-electron chi connectivity index (χ4n) is 0.880. The first-order chi connectivity index (χ1) is 6.83. The van der Waals surface area contributed by atoms with Crippen LogP contribution in [0.2, 0.25) is 0 Å². The molecule has 0 aliphatic heterocycles. The average molecular weight is 187 g/mol. The molecule has 0 fully saturated rings. The topological polar surface area (TPSA) is 50.1 Å². The van der Waals surface area contributed by atoms with Crippen LogP contribution in [0.25, 0.3) is 6.08 Å². The fourth-order valence-corrected chi connectivity index (χ4v) is 0.880. The zero-order valence-electron chi connectivity index (χ0n) is 7.51. The van der Waals surface area contributed by atoms with E-state index in [0.717, 1.165) is 5.56 Å². The van der Waals surface area contributed by atoms with Crippen molar-refractivity contribution in [2.45, 2.75) is 0 Å². The third kappa shape index (κ3) is 3.55. The molecule has 0 N–H and O–H groups in total. The van der Waals surface area contributed by atoms with Gasteiger partial charge in [0.05, 0.1) is 0 Å². The van der Waals surface area contributed by atoms with Crippen LogP contribution in [0.3, 0.4) is 0 Å². The SMILES string of the molecule is N#CCOC(=O)/C=C/c1ccccc1. The molecule has 0 aliphatic carbocycles. The Balaban J connectivity index is 2.49. The Kier molecular flexibility index (Phi) is 3.96. The van der Waals surface area contributed by atoms with Crippen molar-refractivity contribution in [3.8, 4) is 6.07 Å². The molecule has 0 aromatic heterocycles. The zero-order chi connectivity index (χ0) is 10.2. The van der Waals surface area contributed by atoms with Gasteiger partial charge in [0.1, 0.15) is 6.07 Å². The Bertz CT molecular complexity index is 363. The summed E-state index contributed by atoms with van der Waals surface area (Å²) in [6, 6.07) is 11.1. The third-order valence-electron chi connectivity index (χ3n) is 1.49. The summed E-state index contributed by atoms with van der Waals surface area (Å²) in [6.45, 7) is -0.210. The minimum Gasteiger partial charge on any atom is -0.447 e. The largest absolute Gasteiger partial charge is 0.447 e. The van der Waals surface area contributed by atoms with E-state index in [1.807, 2.05) is 30.3 Å². The van der Waals surface area contributed by atoms with Crippen molar-refractivity contribution in [3.63, 3.8) is 0 Å². The minimum atomic E-state index is -0.504. The Hall–Kier alpha value is -2.08. The van der Waals surface area contributed by atoms with Gasteiger partial charge in [0, 0.05) is 6.08 Å². The molecule has 1 aromatic carbocycles. The Morgan fingerprint density at radius 3 is 2.79 bits per heavy atom. The molecule has 0 aliphatic rings. The molecule has 0 saturated heterocycles. The molecule has 3 heteroatoms. The lowest BCUT2D eigenvalue weighted by Crippen LogP contribution is -1.99. The predicted octanol–water partition coefficient (Wildman–Crippen LogP) is 1.77. The summed E-state index contributed by atoms with van der Waals surface area (Å²) in [5.41, 5.74) is 0.918. The highest BCUT2D eigenvalue weighted by molar-refractivity contribution is 5.87. The van der Waals surface area contributed by atoms with Crippen molar-refractivity contribution >= 4 is 12.0 Å². The van der Waals surface area contributed by atoms with Crippen LogP contribution in [-0.2, 0) is 9.53 Å². The van der Waals surface area contributed by atoms with Crippen molar-refractivity contribution < 1.29 is 9.53 Å². The molecule has 0 radical (unpaired) electrons. The summed E-state index contributed by atoms with van der Waals surface area (Å²) in [5.74, 6) is -0.504. The van der Waals surface area contributed by atoms with Gasteiger partial charge in [-0.1, -0.05) is 30.3 Å². The van der Waals surface area contributed by atoms with Crippen LogP contribution >= 0.6 is 0 Å². The lowest BCUT2D eigenvalue weighted by molar-refractivity contribution is -0.136. The number of hydrogen-bond donors (Lipinski definition) is 0. The number of nitrogens with zero attached hydrogens (tertiary/aromatic N) is 1. The van der Waals surface area contributed by atoms with Gasteiger partial charge >= 0.3 is 5.97 Å². The molecule has 0 heterocycles. The van der Waals surface area contributed by atoms with Gasteiger partial charge in [-0.05, 0) is 11.6 Å². The van der Waals surface area contributed by atoms with Gasteiger partial charge < -0.3 is 4.74 Å². The van der Waals surface area contributed by atoms with Crippen molar-refractivity contribution in [2.24, 2.45) is 0 Å². The summed E-state index contributed by atoms with van der Waals surface area (Å²) in [6.07, 6.45) is 2.94. The highest BCUT2D eigenvalue weighted by Gasteiger charge is 1.94. The second-order valence-corrected chi connectivity index (χ2v) is 2.51. The van der Waals surface area contributed by atoms with Crippen LogP contribution in [0.1, 0.15) is 5.56 Å². The molecule has 0 unspecified atom stereocenters. The van der Waals surface area contributed by atoms with Gasteiger partial charge in [0.25, 0.3) is 0 Å². The normalized spacial score (nSPS) is 9.64. The van der Waals surface area contributed by atoms with E-state index >= 15 is 0 Å². The second kappa shape index (κ2) is 5.55. The number of hydrogen-bond acceptors (Lipinski definition) is 3. The molecule has 3 nitrogen and oxygen atoms in total. The van der Waals surface area contributed by atoms with Gasteiger partial charge in [-0.2, -0.15) is 5.26 Å². The summed E-state index contributed by atoms with van der Waals surface area (Å²) in [7, 11) is 0. The average Bonchev–Trinajstić information content (AvgIpc) is 2.25. The van der Waals surface area contributed by atoms with Crippen LogP contribution in [-0.4, -0.2) is 12.6 Å². The maximum atomic E-state index is 10.9. The monoisotopic (exact) mass is 187 g/mol. The summed E-state index contributed by atoms with van der Waals surface area (Å²) < 4.78 is 4.53. The Morgan fingerprint density at radius 1 is 1.43 bits per heavy atom. The van der Waals surface area contributed by atoms with E-state index in [4.69, 9.17) is 5.26 Å². The highest BCUT2D eigenvalue weighted by Crippen LogP contribution is 2.00. The van der Waals surface area contributed by atoms with E-state index in [-0.39, 0.29) is 6.61 Å². The summed E-state index contributed by atoms with van der Waals surface area (Å²) in [5, 5.41) is 8.15. The number of nitriles is 1. The van der Waals surface area contributed by atoms with Crippen molar-refractivity contribution in [2.75, 3.05) is 6.61 Å². The number of carbonyl (C=O) groups is 1. The van der Waals surface area contributed by atoms with Gasteiger partial charge in [0.15, 0.2) is 6.61 Å². The maximum absolute atomic E-state index is 10.9. The molecule has 0 bridgehead atoms. The number of carbonyl (C=O) groups excluding carboxylic acids is 1. The van der Waals surface area contributed by atoms with E-state index in [9.17, 15) is 4.79 Å². The molecular formula is C11H9NO2. The molecule has 70 valence electrons. The summed E-state index contributed by atoms with van der Waals surface area (Å²) in [4.78, 5) is 10.9. The summed E-state index contributed by atoms with van der Waals surface area (Å²) >= 11 is 0. The molecular weight excluding hydrogens is 178 g/mol. The highest BCUT2D eigenvalue weighted by atomic mass is 16.5. The number of ether oxygens (including phenoxy) is 1. The Morgan fingerprint density at radius 2 is 2.14 bits per heavy atom. The van der Waals surface area contributed by atoms with Crippen LogP contribution in [0.4, 0.5) is 0 Å². The van der Waals surface area contributed by atoms with Gasteiger partial charge in [0.2, 0.25) is 0 Å². The van der Waals surface area contributed by atoms with E-state index < -0.39 is 5.97 Å². The molecule has 14 heavy (non-hydrogen) atoms. The van der Waals surface area contributed by atoms with Gasteiger partial charge in [-0.25, -0.2) is 4.79 Å². The maximum Gasteiger partial charge on any atom is 0.331 e. The zero-order valence-corrected chi connectivity index (χ0v) is 7.51. The Labute approximate surface area is 82.2 Å². The van der Waals surface area contributed by atoms with Crippen LogP contribution < -0.4 is 0 Å². The second-order valence-electron chi connectivity index (χ2n) is 2.51. The lowest BCUT2D eigenvalue weighted by atomic mass is 10.2. The molecule has 0 spiro atoms.